The van der Waals surface area contributed by atoms with Gasteiger partial charge in [-0.3, -0.25) is 4.79 Å². The molecule has 0 spiro atoms. The standard InChI is InChI=1S/C14H21NO3/c1-14(2,3)13(17)15-9-11(16)10-7-5-6-8-12(10)18-4/h5-8,11,16H,9H2,1-4H3,(H,15,17). The first-order valence-electron chi connectivity index (χ1n) is 5.95. The molecule has 1 amide bonds. The molecule has 0 aromatic heterocycles. The van der Waals surface area contributed by atoms with Crippen LogP contribution in [-0.4, -0.2) is 24.7 Å². The molecule has 4 heteroatoms. The van der Waals surface area contributed by atoms with Gasteiger partial charge in [-0.2, -0.15) is 0 Å². The maximum atomic E-state index is 11.7. The molecule has 2 N–H and O–H groups in total. The van der Waals surface area contributed by atoms with Crippen molar-refractivity contribution in [2.24, 2.45) is 5.41 Å². The van der Waals surface area contributed by atoms with Crippen LogP contribution in [0.2, 0.25) is 0 Å². The molecule has 1 unspecified atom stereocenters. The van der Waals surface area contributed by atoms with Crippen LogP contribution in [0.25, 0.3) is 0 Å². The van der Waals surface area contributed by atoms with E-state index in [-0.39, 0.29) is 12.5 Å². The van der Waals surface area contributed by atoms with E-state index in [1.165, 1.54) is 0 Å². The van der Waals surface area contributed by atoms with Gasteiger partial charge < -0.3 is 15.2 Å². The van der Waals surface area contributed by atoms with Crippen molar-refractivity contribution in [2.75, 3.05) is 13.7 Å². The van der Waals surface area contributed by atoms with Gasteiger partial charge in [0.15, 0.2) is 0 Å². The maximum Gasteiger partial charge on any atom is 0.225 e. The van der Waals surface area contributed by atoms with Crippen LogP contribution >= 0.6 is 0 Å². The molecule has 18 heavy (non-hydrogen) atoms. The molecular weight excluding hydrogens is 230 g/mol. The highest BCUT2D eigenvalue weighted by molar-refractivity contribution is 5.81. The van der Waals surface area contributed by atoms with Crippen LogP contribution in [0.15, 0.2) is 24.3 Å². The highest BCUT2D eigenvalue weighted by Crippen LogP contribution is 2.24. The van der Waals surface area contributed by atoms with Crippen molar-refractivity contribution >= 4 is 5.91 Å². The third kappa shape index (κ3) is 3.74. The molecule has 0 fully saturated rings. The van der Waals surface area contributed by atoms with E-state index in [2.05, 4.69) is 5.32 Å². The lowest BCUT2D eigenvalue weighted by atomic mass is 9.95. The van der Waals surface area contributed by atoms with Gasteiger partial charge in [0.2, 0.25) is 5.91 Å². The normalized spacial score (nSPS) is 12.9. The molecule has 1 atom stereocenters. The first kappa shape index (κ1) is 14.5. The van der Waals surface area contributed by atoms with Gasteiger partial charge >= 0.3 is 0 Å². The number of amides is 1. The number of aliphatic hydroxyl groups is 1. The Morgan fingerprint density at radius 2 is 2.00 bits per heavy atom. The number of rotatable bonds is 4. The minimum absolute atomic E-state index is 0.0866. The zero-order valence-corrected chi connectivity index (χ0v) is 11.4. The Labute approximate surface area is 108 Å². The molecule has 0 saturated heterocycles. The summed E-state index contributed by atoms with van der Waals surface area (Å²) in [5.41, 5.74) is 0.217. The van der Waals surface area contributed by atoms with Crippen molar-refractivity contribution in [1.82, 2.24) is 5.32 Å². The van der Waals surface area contributed by atoms with Gasteiger partial charge in [-0.1, -0.05) is 39.0 Å². The number of aliphatic hydroxyl groups excluding tert-OH is 1. The molecular formula is C14H21NO3. The average molecular weight is 251 g/mol. The Morgan fingerprint density at radius 3 is 2.56 bits per heavy atom. The molecule has 0 aliphatic rings. The van der Waals surface area contributed by atoms with Crippen molar-refractivity contribution in [3.8, 4) is 5.75 Å². The molecule has 0 aliphatic heterocycles. The molecule has 4 nitrogen and oxygen atoms in total. The van der Waals surface area contributed by atoms with E-state index in [4.69, 9.17) is 4.74 Å². The summed E-state index contributed by atoms with van der Waals surface area (Å²) < 4.78 is 5.17. The predicted octanol–water partition coefficient (Wildman–Crippen LogP) is 1.89. The van der Waals surface area contributed by atoms with Crippen LogP contribution in [0.5, 0.6) is 5.75 Å². The summed E-state index contributed by atoms with van der Waals surface area (Å²) in [7, 11) is 1.55. The van der Waals surface area contributed by atoms with Gasteiger partial charge in [0, 0.05) is 17.5 Å². The van der Waals surface area contributed by atoms with E-state index in [0.717, 1.165) is 0 Å². The molecule has 0 aliphatic carbocycles. The summed E-state index contributed by atoms with van der Waals surface area (Å²) in [4.78, 5) is 11.7. The Bertz CT molecular complexity index is 410. The Kier molecular flexibility index (Phi) is 4.73. The van der Waals surface area contributed by atoms with Gasteiger partial charge in [0.1, 0.15) is 5.75 Å². The van der Waals surface area contributed by atoms with Crippen LogP contribution in [0, 0.1) is 5.41 Å². The van der Waals surface area contributed by atoms with E-state index in [0.29, 0.717) is 11.3 Å². The number of hydrogen-bond donors (Lipinski definition) is 2. The smallest absolute Gasteiger partial charge is 0.225 e. The van der Waals surface area contributed by atoms with Crippen molar-refractivity contribution in [3.63, 3.8) is 0 Å². The second-order valence-electron chi connectivity index (χ2n) is 5.22. The fourth-order valence-corrected chi connectivity index (χ4v) is 1.51. The Balaban J connectivity index is 2.66. The van der Waals surface area contributed by atoms with Crippen molar-refractivity contribution in [2.45, 2.75) is 26.9 Å². The van der Waals surface area contributed by atoms with Crippen LogP contribution < -0.4 is 10.1 Å². The molecule has 1 aromatic rings. The van der Waals surface area contributed by atoms with Crippen molar-refractivity contribution < 1.29 is 14.6 Å². The summed E-state index contributed by atoms with van der Waals surface area (Å²) in [5, 5.41) is 12.8. The number of carbonyl (C=O) groups excluding carboxylic acids is 1. The number of nitrogens with one attached hydrogen (secondary N) is 1. The summed E-state index contributed by atoms with van der Waals surface area (Å²) in [5.74, 6) is 0.534. The maximum absolute atomic E-state index is 11.7. The second-order valence-corrected chi connectivity index (χ2v) is 5.22. The molecule has 0 saturated carbocycles. The third-order valence-corrected chi connectivity index (χ3v) is 2.64. The first-order chi connectivity index (χ1) is 8.36. The van der Waals surface area contributed by atoms with Gasteiger partial charge in [-0.25, -0.2) is 0 Å². The van der Waals surface area contributed by atoms with E-state index in [9.17, 15) is 9.90 Å². The van der Waals surface area contributed by atoms with Gasteiger partial charge in [-0.05, 0) is 6.07 Å². The van der Waals surface area contributed by atoms with E-state index >= 15 is 0 Å². The zero-order valence-electron chi connectivity index (χ0n) is 11.4. The quantitative estimate of drug-likeness (QED) is 0.859. The largest absolute Gasteiger partial charge is 0.496 e. The van der Waals surface area contributed by atoms with Crippen LogP contribution in [0.3, 0.4) is 0 Å². The van der Waals surface area contributed by atoms with E-state index in [1.54, 1.807) is 19.2 Å². The summed E-state index contributed by atoms with van der Waals surface area (Å²) >= 11 is 0. The first-order valence-corrected chi connectivity index (χ1v) is 5.95. The van der Waals surface area contributed by atoms with Gasteiger partial charge in [0.25, 0.3) is 0 Å². The van der Waals surface area contributed by atoms with Gasteiger partial charge in [0.05, 0.1) is 13.2 Å². The number of para-hydroxylation sites is 1. The van der Waals surface area contributed by atoms with E-state index in [1.807, 2.05) is 32.9 Å². The lowest BCUT2D eigenvalue weighted by molar-refractivity contribution is -0.129. The molecule has 1 aromatic carbocycles. The average Bonchev–Trinajstić information content (AvgIpc) is 2.34. The number of benzene rings is 1. The predicted molar refractivity (Wildman–Crippen MR) is 70.4 cm³/mol. The van der Waals surface area contributed by atoms with Crippen LogP contribution in [-0.2, 0) is 4.79 Å². The van der Waals surface area contributed by atoms with Crippen molar-refractivity contribution in [3.05, 3.63) is 29.8 Å². The topological polar surface area (TPSA) is 58.6 Å². The third-order valence-electron chi connectivity index (χ3n) is 2.64. The minimum Gasteiger partial charge on any atom is -0.496 e. The fourth-order valence-electron chi connectivity index (χ4n) is 1.51. The minimum atomic E-state index is -0.771. The molecule has 0 radical (unpaired) electrons. The highest BCUT2D eigenvalue weighted by atomic mass is 16.5. The number of methoxy groups -OCH3 is 1. The lowest BCUT2D eigenvalue weighted by Crippen LogP contribution is -2.37. The number of hydrogen-bond acceptors (Lipinski definition) is 3. The monoisotopic (exact) mass is 251 g/mol. The SMILES string of the molecule is COc1ccccc1C(O)CNC(=O)C(C)(C)C. The lowest BCUT2D eigenvalue weighted by Gasteiger charge is -2.20. The molecule has 0 heterocycles. The summed E-state index contributed by atoms with van der Waals surface area (Å²) in [6, 6.07) is 7.23. The highest BCUT2D eigenvalue weighted by Gasteiger charge is 2.22. The van der Waals surface area contributed by atoms with Crippen LogP contribution in [0.4, 0.5) is 0 Å². The summed E-state index contributed by atoms with van der Waals surface area (Å²) in [6.07, 6.45) is -0.771. The number of ether oxygens (including phenoxy) is 1. The zero-order chi connectivity index (χ0) is 13.8. The van der Waals surface area contributed by atoms with Crippen molar-refractivity contribution in [1.29, 1.82) is 0 Å². The van der Waals surface area contributed by atoms with E-state index < -0.39 is 11.5 Å². The van der Waals surface area contributed by atoms with Gasteiger partial charge in [-0.15, -0.1) is 0 Å². The Hall–Kier alpha value is -1.55. The fraction of sp³-hybridized carbons (Fsp3) is 0.500. The molecule has 1 rings (SSSR count). The molecule has 100 valence electrons. The van der Waals surface area contributed by atoms with Crippen LogP contribution in [0.1, 0.15) is 32.4 Å². The Morgan fingerprint density at radius 1 is 1.39 bits per heavy atom. The molecule has 0 bridgehead atoms. The summed E-state index contributed by atoms with van der Waals surface area (Å²) in [6.45, 7) is 5.67. The second kappa shape index (κ2) is 5.87. The number of carbonyl (C=O) groups is 1.